The third-order valence-corrected chi connectivity index (χ3v) is 5.11. The van der Waals surface area contributed by atoms with Crippen LogP contribution in [0, 0.1) is 5.92 Å². The van der Waals surface area contributed by atoms with E-state index in [0.29, 0.717) is 11.9 Å². The molecule has 0 amide bonds. The molecule has 0 aliphatic carbocycles. The van der Waals surface area contributed by atoms with Crippen LogP contribution in [0.2, 0.25) is 0 Å². The average Bonchev–Trinajstić information content (AvgIpc) is 2.45. The normalized spacial score (nSPS) is 15.2. The molecule has 2 atom stereocenters. The van der Waals surface area contributed by atoms with Gasteiger partial charge in [0.2, 0.25) is 10.0 Å². The molecular formula is C14H19N3O2S. The van der Waals surface area contributed by atoms with Crippen LogP contribution in [-0.4, -0.2) is 26.0 Å². The van der Waals surface area contributed by atoms with Crippen molar-refractivity contribution in [3.63, 3.8) is 0 Å². The Balaban J connectivity index is 2.42. The van der Waals surface area contributed by atoms with Crippen LogP contribution in [0.15, 0.2) is 41.6 Å². The number of nitrogens with zero attached hydrogens (tertiary/aromatic N) is 1. The number of aromatic nitrogens is 1. The molecule has 20 heavy (non-hydrogen) atoms. The first kappa shape index (κ1) is 14.9. The summed E-state index contributed by atoms with van der Waals surface area (Å²) in [5, 5.41) is 1.47. The number of hydrogen-bond donors (Lipinski definition) is 2. The van der Waals surface area contributed by atoms with E-state index in [1.54, 1.807) is 30.6 Å². The number of benzene rings is 1. The van der Waals surface area contributed by atoms with Crippen LogP contribution in [0.25, 0.3) is 10.8 Å². The highest BCUT2D eigenvalue weighted by molar-refractivity contribution is 7.89. The summed E-state index contributed by atoms with van der Waals surface area (Å²) in [5.41, 5.74) is 5.58. The molecule has 0 spiro atoms. The smallest absolute Gasteiger partial charge is 0.241 e. The van der Waals surface area contributed by atoms with E-state index in [9.17, 15) is 8.42 Å². The maximum Gasteiger partial charge on any atom is 0.241 e. The lowest BCUT2D eigenvalue weighted by molar-refractivity contribution is 0.453. The van der Waals surface area contributed by atoms with Gasteiger partial charge in [-0.1, -0.05) is 19.1 Å². The van der Waals surface area contributed by atoms with E-state index in [4.69, 9.17) is 5.73 Å². The van der Waals surface area contributed by atoms with E-state index in [1.165, 1.54) is 0 Å². The van der Waals surface area contributed by atoms with E-state index in [1.807, 2.05) is 19.9 Å². The molecule has 2 rings (SSSR count). The second-order valence-electron chi connectivity index (χ2n) is 4.98. The van der Waals surface area contributed by atoms with Gasteiger partial charge >= 0.3 is 0 Å². The Morgan fingerprint density at radius 1 is 1.30 bits per heavy atom. The van der Waals surface area contributed by atoms with Crippen molar-refractivity contribution in [2.45, 2.75) is 24.8 Å². The highest BCUT2D eigenvalue weighted by Crippen LogP contribution is 2.22. The third kappa shape index (κ3) is 2.98. The molecule has 0 fully saturated rings. The van der Waals surface area contributed by atoms with Crippen LogP contribution in [0.1, 0.15) is 13.8 Å². The van der Waals surface area contributed by atoms with Gasteiger partial charge in [-0.25, -0.2) is 13.1 Å². The Morgan fingerprint density at radius 3 is 2.75 bits per heavy atom. The average molecular weight is 293 g/mol. The summed E-state index contributed by atoms with van der Waals surface area (Å²) in [6, 6.07) is 6.65. The van der Waals surface area contributed by atoms with Gasteiger partial charge in [-0.2, -0.15) is 0 Å². The molecule has 3 N–H and O–H groups in total. The number of rotatable bonds is 5. The molecule has 108 valence electrons. The van der Waals surface area contributed by atoms with Gasteiger partial charge in [0.1, 0.15) is 0 Å². The van der Waals surface area contributed by atoms with Crippen LogP contribution in [0.4, 0.5) is 0 Å². The minimum absolute atomic E-state index is 0.0708. The highest BCUT2D eigenvalue weighted by Gasteiger charge is 2.22. The Morgan fingerprint density at radius 2 is 2.05 bits per heavy atom. The van der Waals surface area contributed by atoms with Crippen LogP contribution < -0.4 is 10.5 Å². The molecule has 0 aliphatic heterocycles. The van der Waals surface area contributed by atoms with Crippen molar-refractivity contribution in [2.75, 3.05) is 6.54 Å². The summed E-state index contributed by atoms with van der Waals surface area (Å²) < 4.78 is 27.7. The van der Waals surface area contributed by atoms with Crippen LogP contribution >= 0.6 is 0 Å². The Bertz CT molecular complexity index is 695. The zero-order chi connectivity index (χ0) is 14.8. The number of nitrogens with two attached hydrogens (primary N) is 1. The molecule has 1 aromatic heterocycles. The minimum Gasteiger partial charge on any atom is -0.330 e. The lowest BCUT2D eigenvalue weighted by Crippen LogP contribution is -2.39. The van der Waals surface area contributed by atoms with Crippen LogP contribution in [0.5, 0.6) is 0 Å². The summed E-state index contributed by atoms with van der Waals surface area (Å²) in [5.74, 6) is 0.0708. The molecule has 0 saturated carbocycles. The molecule has 2 unspecified atom stereocenters. The third-order valence-electron chi connectivity index (χ3n) is 3.50. The molecule has 5 nitrogen and oxygen atoms in total. The summed E-state index contributed by atoms with van der Waals surface area (Å²) in [7, 11) is -3.57. The fraction of sp³-hybridized carbons (Fsp3) is 0.357. The number of nitrogens with one attached hydrogen (secondary N) is 1. The van der Waals surface area contributed by atoms with Crippen molar-refractivity contribution in [3.8, 4) is 0 Å². The van der Waals surface area contributed by atoms with Crippen molar-refractivity contribution in [1.82, 2.24) is 9.71 Å². The monoisotopic (exact) mass is 293 g/mol. The lowest BCUT2D eigenvalue weighted by atomic mass is 10.1. The Kier molecular flexibility index (Phi) is 4.37. The summed E-state index contributed by atoms with van der Waals surface area (Å²) in [4.78, 5) is 4.28. The maximum absolute atomic E-state index is 12.5. The molecule has 6 heteroatoms. The second kappa shape index (κ2) is 5.87. The largest absolute Gasteiger partial charge is 0.330 e. The second-order valence-corrected chi connectivity index (χ2v) is 6.66. The first-order chi connectivity index (χ1) is 9.45. The molecule has 1 aromatic carbocycles. The van der Waals surface area contributed by atoms with Gasteiger partial charge in [-0.05, 0) is 31.5 Å². The standard InChI is InChI=1S/C14H19N3O2S/c1-10(8-15)11(2)17-20(18,19)14-5-3-4-12-9-16-7-6-13(12)14/h3-7,9-11,17H,8,15H2,1-2H3. The van der Waals surface area contributed by atoms with Gasteiger partial charge in [0.25, 0.3) is 0 Å². The van der Waals surface area contributed by atoms with Crippen molar-refractivity contribution in [2.24, 2.45) is 11.7 Å². The van der Waals surface area contributed by atoms with Crippen LogP contribution in [-0.2, 0) is 10.0 Å². The van der Waals surface area contributed by atoms with Crippen molar-refractivity contribution < 1.29 is 8.42 Å². The van der Waals surface area contributed by atoms with Gasteiger partial charge < -0.3 is 5.73 Å². The van der Waals surface area contributed by atoms with Gasteiger partial charge in [-0.15, -0.1) is 0 Å². The van der Waals surface area contributed by atoms with E-state index >= 15 is 0 Å². The summed E-state index contributed by atoms with van der Waals surface area (Å²) >= 11 is 0. The van der Waals surface area contributed by atoms with Crippen molar-refractivity contribution in [3.05, 3.63) is 36.7 Å². The van der Waals surface area contributed by atoms with Crippen LogP contribution in [0.3, 0.4) is 0 Å². The van der Waals surface area contributed by atoms with E-state index in [-0.39, 0.29) is 16.9 Å². The zero-order valence-corrected chi connectivity index (χ0v) is 12.4. The summed E-state index contributed by atoms with van der Waals surface area (Å²) in [6.45, 7) is 4.17. The Hall–Kier alpha value is -1.50. The SMILES string of the molecule is CC(CN)C(C)NS(=O)(=O)c1cccc2cnccc12. The number of pyridine rings is 1. The van der Waals surface area contributed by atoms with Gasteiger partial charge in [0.05, 0.1) is 4.90 Å². The first-order valence-electron chi connectivity index (χ1n) is 6.51. The van der Waals surface area contributed by atoms with Gasteiger partial charge in [0, 0.05) is 29.2 Å². The summed E-state index contributed by atoms with van der Waals surface area (Å²) in [6.07, 6.45) is 3.24. The number of hydrogen-bond acceptors (Lipinski definition) is 4. The van der Waals surface area contributed by atoms with E-state index in [2.05, 4.69) is 9.71 Å². The number of fused-ring (bicyclic) bond motifs is 1. The van der Waals surface area contributed by atoms with E-state index in [0.717, 1.165) is 5.39 Å². The predicted octanol–water partition coefficient (Wildman–Crippen LogP) is 1.50. The predicted molar refractivity (Wildman–Crippen MR) is 79.7 cm³/mol. The molecule has 0 saturated heterocycles. The van der Waals surface area contributed by atoms with Gasteiger partial charge in [-0.3, -0.25) is 4.98 Å². The number of sulfonamides is 1. The molecule has 2 aromatic rings. The van der Waals surface area contributed by atoms with Crippen molar-refractivity contribution in [1.29, 1.82) is 0 Å². The molecule has 0 radical (unpaired) electrons. The fourth-order valence-corrected chi connectivity index (χ4v) is 3.54. The zero-order valence-electron chi connectivity index (χ0n) is 11.6. The quantitative estimate of drug-likeness (QED) is 0.874. The molecular weight excluding hydrogens is 274 g/mol. The molecule has 0 aliphatic rings. The molecule has 1 heterocycles. The molecule has 0 bridgehead atoms. The fourth-order valence-electron chi connectivity index (χ4n) is 1.96. The lowest BCUT2D eigenvalue weighted by Gasteiger charge is -2.20. The highest BCUT2D eigenvalue weighted by atomic mass is 32.2. The van der Waals surface area contributed by atoms with Gasteiger partial charge in [0.15, 0.2) is 0 Å². The Labute approximate surface area is 119 Å². The minimum atomic E-state index is -3.57. The topological polar surface area (TPSA) is 85.1 Å². The van der Waals surface area contributed by atoms with Crippen molar-refractivity contribution >= 4 is 20.8 Å². The maximum atomic E-state index is 12.5. The van der Waals surface area contributed by atoms with E-state index < -0.39 is 10.0 Å². The first-order valence-corrected chi connectivity index (χ1v) is 7.99.